The monoisotopic (exact) mass is 418 g/mol. The number of ketones is 1. The highest BCUT2D eigenvalue weighted by molar-refractivity contribution is 6.11. The minimum atomic E-state index is -0.803. The van der Waals surface area contributed by atoms with Crippen molar-refractivity contribution >= 4 is 11.9 Å². The number of aromatic hydroxyl groups is 1. The van der Waals surface area contributed by atoms with Crippen molar-refractivity contribution < 1.29 is 32.9 Å². The van der Waals surface area contributed by atoms with Gasteiger partial charge in [-0.15, -0.1) is 0 Å². The second kappa shape index (κ2) is 10.5. The fraction of sp³-hybridized carbons (Fsp3) is 0.261. The highest BCUT2D eigenvalue weighted by Crippen LogP contribution is 2.40. The molecule has 160 valence electrons. The highest BCUT2D eigenvalue weighted by atomic mass is 19.1. The molecule has 0 unspecified atom stereocenters. The van der Waals surface area contributed by atoms with Crippen molar-refractivity contribution in [2.45, 2.75) is 20.3 Å². The van der Waals surface area contributed by atoms with Crippen molar-refractivity contribution in [2.75, 3.05) is 21.0 Å². The van der Waals surface area contributed by atoms with Crippen molar-refractivity contribution in [3.63, 3.8) is 0 Å². The van der Waals surface area contributed by atoms with Gasteiger partial charge in [-0.25, -0.2) is 8.78 Å². The van der Waals surface area contributed by atoms with Crippen LogP contribution in [0.3, 0.4) is 0 Å². The Balaban J connectivity index is 2.50. The molecule has 0 amide bonds. The van der Waals surface area contributed by atoms with Gasteiger partial charge >= 0.3 is 0 Å². The number of ether oxygens (including phenoxy) is 3. The third-order valence-electron chi connectivity index (χ3n) is 4.22. The number of methoxy groups -OCH3 is 2. The molecule has 0 saturated heterocycles. The first-order chi connectivity index (χ1) is 14.3. The van der Waals surface area contributed by atoms with Crippen LogP contribution in [0.25, 0.3) is 6.08 Å². The summed E-state index contributed by atoms with van der Waals surface area (Å²) in [5.41, 5.74) is 1.35. The Morgan fingerprint density at radius 3 is 2.47 bits per heavy atom. The van der Waals surface area contributed by atoms with E-state index in [1.165, 1.54) is 32.4 Å². The van der Waals surface area contributed by atoms with Gasteiger partial charge in [-0.1, -0.05) is 11.6 Å². The van der Waals surface area contributed by atoms with Gasteiger partial charge in [0, 0.05) is 30.4 Å². The summed E-state index contributed by atoms with van der Waals surface area (Å²) >= 11 is 0. The van der Waals surface area contributed by atoms with Gasteiger partial charge in [0.25, 0.3) is 0 Å². The van der Waals surface area contributed by atoms with E-state index in [0.29, 0.717) is 17.7 Å². The molecule has 30 heavy (non-hydrogen) atoms. The van der Waals surface area contributed by atoms with Crippen molar-refractivity contribution in [2.24, 2.45) is 0 Å². The zero-order valence-electron chi connectivity index (χ0n) is 17.3. The van der Waals surface area contributed by atoms with Gasteiger partial charge in [0.15, 0.2) is 12.6 Å². The summed E-state index contributed by atoms with van der Waals surface area (Å²) in [6, 6.07) is 4.52. The lowest BCUT2D eigenvalue weighted by atomic mass is 9.99. The molecule has 0 aliphatic rings. The van der Waals surface area contributed by atoms with E-state index >= 15 is 0 Å². The molecule has 0 spiro atoms. The van der Waals surface area contributed by atoms with Gasteiger partial charge in [-0.2, -0.15) is 0 Å². The van der Waals surface area contributed by atoms with Gasteiger partial charge in [0.2, 0.25) is 0 Å². The van der Waals surface area contributed by atoms with E-state index in [9.17, 15) is 18.7 Å². The van der Waals surface area contributed by atoms with E-state index < -0.39 is 17.4 Å². The number of carbonyl (C=O) groups excluding carboxylic acids is 1. The number of carbonyl (C=O) groups is 1. The van der Waals surface area contributed by atoms with Crippen LogP contribution in [0, 0.1) is 11.6 Å². The average Bonchev–Trinajstić information content (AvgIpc) is 2.69. The minimum Gasteiger partial charge on any atom is -0.507 e. The first-order valence-electron chi connectivity index (χ1n) is 9.13. The number of rotatable bonds is 9. The zero-order chi connectivity index (χ0) is 22.3. The Hall–Kier alpha value is -3.19. The maximum atomic E-state index is 13.8. The van der Waals surface area contributed by atoms with E-state index in [-0.39, 0.29) is 29.4 Å². The minimum absolute atomic E-state index is 0.0352. The Morgan fingerprint density at radius 2 is 1.87 bits per heavy atom. The van der Waals surface area contributed by atoms with Crippen molar-refractivity contribution in [3.05, 3.63) is 70.3 Å². The number of phenolic OH excluding ortho intramolecular Hbond substituents is 1. The van der Waals surface area contributed by atoms with Crippen molar-refractivity contribution in [1.29, 1.82) is 0 Å². The summed E-state index contributed by atoms with van der Waals surface area (Å²) in [4.78, 5) is 12.8. The molecular formula is C23H24F2O5. The number of phenols is 1. The summed E-state index contributed by atoms with van der Waals surface area (Å²) < 4.78 is 42.6. The summed E-state index contributed by atoms with van der Waals surface area (Å²) in [5.74, 6) is -2.02. The second-order valence-corrected chi connectivity index (χ2v) is 6.68. The maximum Gasteiger partial charge on any atom is 0.193 e. The molecule has 0 aliphatic carbocycles. The molecule has 0 aliphatic heterocycles. The number of benzene rings is 2. The Morgan fingerprint density at radius 1 is 1.13 bits per heavy atom. The van der Waals surface area contributed by atoms with Gasteiger partial charge in [0.1, 0.15) is 34.4 Å². The van der Waals surface area contributed by atoms with Crippen LogP contribution in [-0.4, -0.2) is 31.9 Å². The first-order valence-corrected chi connectivity index (χ1v) is 9.13. The fourth-order valence-electron chi connectivity index (χ4n) is 2.70. The van der Waals surface area contributed by atoms with E-state index in [0.717, 1.165) is 23.8 Å². The molecule has 1 N–H and O–H groups in total. The molecule has 0 heterocycles. The zero-order valence-corrected chi connectivity index (χ0v) is 17.3. The number of hydrogen-bond acceptors (Lipinski definition) is 5. The van der Waals surface area contributed by atoms with Crippen LogP contribution in [-0.2, 0) is 11.2 Å². The predicted molar refractivity (Wildman–Crippen MR) is 110 cm³/mol. The lowest BCUT2D eigenvalue weighted by Gasteiger charge is -2.17. The summed E-state index contributed by atoms with van der Waals surface area (Å²) in [6.07, 6.45) is 4.49. The average molecular weight is 418 g/mol. The number of allylic oxidation sites excluding steroid dienone is 3. The molecule has 0 bridgehead atoms. The lowest BCUT2D eigenvalue weighted by molar-refractivity contribution is 0.0502. The van der Waals surface area contributed by atoms with Crippen LogP contribution >= 0.6 is 0 Å². The Labute approximate surface area is 174 Å². The molecule has 7 heteroatoms. The lowest BCUT2D eigenvalue weighted by Crippen LogP contribution is -2.07. The highest BCUT2D eigenvalue weighted by Gasteiger charge is 2.23. The third-order valence-corrected chi connectivity index (χ3v) is 4.22. The standard InChI is InChI=1S/C23H24F2O5/c1-14(2)5-9-17-20(30-13-28-3)12-21(29-4)22(23(17)27)19(26)10-7-15-6-8-16(24)11-18(15)25/h5-8,10-12,27H,9,13H2,1-4H3. The van der Waals surface area contributed by atoms with Crippen LogP contribution < -0.4 is 9.47 Å². The topological polar surface area (TPSA) is 65.0 Å². The molecule has 0 fully saturated rings. The van der Waals surface area contributed by atoms with Crippen LogP contribution in [0.1, 0.15) is 35.3 Å². The van der Waals surface area contributed by atoms with Gasteiger partial charge in [-0.3, -0.25) is 4.79 Å². The molecule has 2 rings (SSSR count). The molecule has 2 aromatic carbocycles. The SMILES string of the molecule is COCOc1cc(OC)c(C(=O)C=Cc2ccc(F)cc2F)c(O)c1CC=C(C)C. The number of hydrogen-bond donors (Lipinski definition) is 1. The van der Waals surface area contributed by atoms with E-state index in [1.54, 1.807) is 0 Å². The first kappa shape index (κ1) is 23.1. The molecule has 2 aromatic rings. The van der Waals surface area contributed by atoms with Gasteiger partial charge in [0.05, 0.1) is 7.11 Å². The summed E-state index contributed by atoms with van der Waals surface area (Å²) in [5, 5.41) is 10.8. The van der Waals surface area contributed by atoms with Crippen molar-refractivity contribution in [3.8, 4) is 17.2 Å². The molecule has 0 saturated carbocycles. The molecule has 0 atom stereocenters. The van der Waals surface area contributed by atoms with E-state index in [4.69, 9.17) is 14.2 Å². The second-order valence-electron chi connectivity index (χ2n) is 6.68. The molecular weight excluding hydrogens is 394 g/mol. The van der Waals surface area contributed by atoms with Gasteiger partial charge < -0.3 is 19.3 Å². The largest absolute Gasteiger partial charge is 0.507 e. The van der Waals surface area contributed by atoms with E-state index in [1.807, 2.05) is 19.9 Å². The van der Waals surface area contributed by atoms with Crippen LogP contribution in [0.15, 0.2) is 42.0 Å². The van der Waals surface area contributed by atoms with Crippen LogP contribution in [0.2, 0.25) is 0 Å². The van der Waals surface area contributed by atoms with E-state index in [2.05, 4.69) is 0 Å². The van der Waals surface area contributed by atoms with Crippen LogP contribution in [0.5, 0.6) is 17.2 Å². The third kappa shape index (κ3) is 5.67. The summed E-state index contributed by atoms with van der Waals surface area (Å²) in [7, 11) is 2.81. The fourth-order valence-corrected chi connectivity index (χ4v) is 2.70. The van der Waals surface area contributed by atoms with Crippen molar-refractivity contribution in [1.82, 2.24) is 0 Å². The maximum absolute atomic E-state index is 13.8. The van der Waals surface area contributed by atoms with Gasteiger partial charge in [-0.05, 0) is 44.6 Å². The number of halogens is 2. The quantitative estimate of drug-likeness (QED) is 0.267. The summed E-state index contributed by atoms with van der Waals surface area (Å²) in [6.45, 7) is 3.76. The normalized spacial score (nSPS) is 10.9. The Bertz CT molecular complexity index is 976. The predicted octanol–water partition coefficient (Wildman–Crippen LogP) is 5.07. The molecule has 0 radical (unpaired) electrons. The molecule has 0 aromatic heterocycles. The van der Waals surface area contributed by atoms with Crippen LogP contribution in [0.4, 0.5) is 8.78 Å². The molecule has 5 nitrogen and oxygen atoms in total. The smallest absolute Gasteiger partial charge is 0.193 e. The Kier molecular flexibility index (Phi) is 8.12.